The smallest absolute Gasteiger partial charge is 0.356 e. The van der Waals surface area contributed by atoms with Crippen LogP contribution in [0.25, 0.3) is 0 Å². The molecule has 0 radical (unpaired) electrons. The number of carbonyl (C=O) groups is 2. The lowest BCUT2D eigenvalue weighted by Crippen LogP contribution is -2.36. The van der Waals surface area contributed by atoms with Crippen LogP contribution in [0.1, 0.15) is 28.9 Å². The molecular weight excluding hydrogens is 250 g/mol. The van der Waals surface area contributed by atoms with E-state index in [1.807, 2.05) is 0 Å². The molecule has 1 aliphatic rings. The number of hydrogen-bond donors (Lipinski definition) is 2. The molecule has 7 nitrogen and oxygen atoms in total. The molecule has 0 aromatic carbocycles. The molecule has 2 N–H and O–H groups in total. The summed E-state index contributed by atoms with van der Waals surface area (Å²) in [5, 5.41) is 21.9. The Morgan fingerprint density at radius 1 is 1.37 bits per heavy atom. The third-order valence-electron chi connectivity index (χ3n) is 3.44. The van der Waals surface area contributed by atoms with Gasteiger partial charge in [0.25, 0.3) is 0 Å². The van der Waals surface area contributed by atoms with Crippen LogP contribution in [0.2, 0.25) is 0 Å². The summed E-state index contributed by atoms with van der Waals surface area (Å²) in [5.74, 6) is -2.05. The van der Waals surface area contributed by atoms with Gasteiger partial charge >= 0.3 is 11.9 Å². The predicted molar refractivity (Wildman–Crippen MR) is 65.8 cm³/mol. The highest BCUT2D eigenvalue weighted by atomic mass is 16.4. The summed E-state index contributed by atoms with van der Waals surface area (Å²) in [6, 6.07) is 0. The van der Waals surface area contributed by atoms with Crippen LogP contribution in [0.5, 0.6) is 0 Å². The van der Waals surface area contributed by atoms with Gasteiger partial charge in [-0.05, 0) is 25.9 Å². The monoisotopic (exact) mass is 267 g/mol. The number of hydrogen-bond acceptors (Lipinski definition) is 4. The van der Waals surface area contributed by atoms with Crippen molar-refractivity contribution in [3.05, 3.63) is 17.5 Å². The lowest BCUT2D eigenvalue weighted by Gasteiger charge is -2.29. The SMILES string of the molecule is Cn1cc(CN2CCC(C(=O)O)CC2)c(C(=O)O)n1. The van der Waals surface area contributed by atoms with Crippen molar-refractivity contribution < 1.29 is 19.8 Å². The number of piperidine rings is 1. The van der Waals surface area contributed by atoms with Crippen molar-refractivity contribution in [3.8, 4) is 0 Å². The topological polar surface area (TPSA) is 95.7 Å². The van der Waals surface area contributed by atoms with E-state index < -0.39 is 11.9 Å². The summed E-state index contributed by atoms with van der Waals surface area (Å²) in [5.41, 5.74) is 0.742. The average Bonchev–Trinajstić information content (AvgIpc) is 2.71. The van der Waals surface area contributed by atoms with Crippen molar-refractivity contribution in [3.63, 3.8) is 0 Å². The molecule has 0 spiro atoms. The van der Waals surface area contributed by atoms with Crippen molar-refractivity contribution in [2.45, 2.75) is 19.4 Å². The van der Waals surface area contributed by atoms with Gasteiger partial charge in [-0.3, -0.25) is 14.4 Å². The molecule has 0 bridgehead atoms. The molecule has 19 heavy (non-hydrogen) atoms. The molecule has 2 heterocycles. The van der Waals surface area contributed by atoms with Gasteiger partial charge in [0.1, 0.15) is 0 Å². The summed E-state index contributed by atoms with van der Waals surface area (Å²) >= 11 is 0. The van der Waals surface area contributed by atoms with Gasteiger partial charge in [-0.15, -0.1) is 0 Å². The molecule has 0 saturated carbocycles. The van der Waals surface area contributed by atoms with Gasteiger partial charge in [0.05, 0.1) is 5.92 Å². The number of nitrogens with zero attached hydrogens (tertiary/aromatic N) is 3. The highest BCUT2D eigenvalue weighted by molar-refractivity contribution is 5.86. The number of likely N-dealkylation sites (tertiary alicyclic amines) is 1. The second-order valence-corrected chi connectivity index (χ2v) is 4.87. The summed E-state index contributed by atoms with van der Waals surface area (Å²) in [7, 11) is 1.69. The van der Waals surface area contributed by atoms with E-state index in [1.165, 1.54) is 4.68 Å². The fraction of sp³-hybridized carbons (Fsp3) is 0.583. The van der Waals surface area contributed by atoms with E-state index in [9.17, 15) is 9.59 Å². The van der Waals surface area contributed by atoms with Gasteiger partial charge in [0.15, 0.2) is 5.69 Å². The quantitative estimate of drug-likeness (QED) is 0.820. The first-order valence-electron chi connectivity index (χ1n) is 6.18. The highest BCUT2D eigenvalue weighted by Gasteiger charge is 2.25. The summed E-state index contributed by atoms with van der Waals surface area (Å²) in [6.45, 7) is 1.84. The average molecular weight is 267 g/mol. The minimum absolute atomic E-state index is 0.0721. The van der Waals surface area contributed by atoms with Gasteiger partial charge in [-0.2, -0.15) is 5.10 Å². The van der Waals surface area contributed by atoms with E-state index in [2.05, 4.69) is 10.00 Å². The molecule has 0 atom stereocenters. The molecule has 7 heteroatoms. The van der Waals surface area contributed by atoms with Gasteiger partial charge in [0.2, 0.25) is 0 Å². The summed E-state index contributed by atoms with van der Waals surface area (Å²) in [4.78, 5) is 24.0. The van der Waals surface area contributed by atoms with Crippen LogP contribution in [-0.2, 0) is 18.4 Å². The summed E-state index contributed by atoms with van der Waals surface area (Å²) < 4.78 is 1.49. The van der Waals surface area contributed by atoms with Gasteiger partial charge < -0.3 is 10.2 Å². The molecule has 1 aromatic rings. The standard InChI is InChI=1S/C12H17N3O4/c1-14-6-9(10(13-14)12(18)19)7-15-4-2-8(3-5-15)11(16)17/h6,8H,2-5,7H2,1H3,(H,16,17)(H,18,19). The Kier molecular flexibility index (Phi) is 3.84. The van der Waals surface area contributed by atoms with Crippen molar-refractivity contribution in [1.29, 1.82) is 0 Å². The Morgan fingerprint density at radius 3 is 2.53 bits per heavy atom. The van der Waals surface area contributed by atoms with Gasteiger partial charge in [-0.1, -0.05) is 0 Å². The highest BCUT2D eigenvalue weighted by Crippen LogP contribution is 2.20. The minimum Gasteiger partial charge on any atom is -0.481 e. The molecular formula is C12H17N3O4. The van der Waals surface area contributed by atoms with Crippen LogP contribution in [-0.4, -0.2) is 49.9 Å². The molecule has 2 rings (SSSR count). The Bertz CT molecular complexity index is 489. The maximum absolute atomic E-state index is 11.0. The van der Waals surface area contributed by atoms with E-state index >= 15 is 0 Å². The number of aromatic nitrogens is 2. The minimum atomic E-state index is -1.03. The van der Waals surface area contributed by atoms with E-state index in [0.29, 0.717) is 38.0 Å². The molecule has 0 amide bonds. The fourth-order valence-electron chi connectivity index (χ4n) is 2.41. The van der Waals surface area contributed by atoms with Gasteiger partial charge in [-0.25, -0.2) is 4.79 Å². The van der Waals surface area contributed by atoms with Crippen LogP contribution < -0.4 is 0 Å². The number of rotatable bonds is 4. The second kappa shape index (κ2) is 5.40. The second-order valence-electron chi connectivity index (χ2n) is 4.87. The molecule has 0 aliphatic carbocycles. The van der Waals surface area contributed by atoms with Crippen LogP contribution in [0.3, 0.4) is 0 Å². The zero-order chi connectivity index (χ0) is 14.0. The normalized spacial score (nSPS) is 17.5. The number of carboxylic acids is 2. The first-order chi connectivity index (χ1) is 8.97. The van der Waals surface area contributed by atoms with Crippen molar-refractivity contribution in [1.82, 2.24) is 14.7 Å². The van der Waals surface area contributed by atoms with Crippen LogP contribution in [0.4, 0.5) is 0 Å². The van der Waals surface area contributed by atoms with Crippen molar-refractivity contribution in [2.75, 3.05) is 13.1 Å². The lowest BCUT2D eigenvalue weighted by atomic mass is 9.97. The lowest BCUT2D eigenvalue weighted by molar-refractivity contribution is -0.143. The van der Waals surface area contributed by atoms with Gasteiger partial charge in [0, 0.05) is 25.4 Å². The molecule has 1 aliphatic heterocycles. The number of aromatic carboxylic acids is 1. The zero-order valence-electron chi connectivity index (χ0n) is 10.7. The van der Waals surface area contributed by atoms with Crippen LogP contribution in [0, 0.1) is 5.92 Å². The molecule has 1 aromatic heterocycles. The van der Waals surface area contributed by atoms with Crippen LogP contribution >= 0.6 is 0 Å². The number of aliphatic carboxylic acids is 1. The zero-order valence-corrected chi connectivity index (χ0v) is 10.7. The van der Waals surface area contributed by atoms with E-state index in [0.717, 1.165) is 0 Å². The molecule has 0 unspecified atom stereocenters. The number of carboxylic acid groups (broad SMARTS) is 2. The number of aryl methyl sites for hydroxylation is 1. The van der Waals surface area contributed by atoms with Crippen LogP contribution in [0.15, 0.2) is 6.20 Å². The van der Waals surface area contributed by atoms with E-state index in [4.69, 9.17) is 10.2 Å². The van der Waals surface area contributed by atoms with Crippen molar-refractivity contribution in [2.24, 2.45) is 13.0 Å². The maximum atomic E-state index is 11.0. The largest absolute Gasteiger partial charge is 0.481 e. The van der Waals surface area contributed by atoms with E-state index in [1.54, 1.807) is 13.2 Å². The first-order valence-corrected chi connectivity index (χ1v) is 6.18. The fourth-order valence-corrected chi connectivity index (χ4v) is 2.41. The van der Waals surface area contributed by atoms with E-state index in [-0.39, 0.29) is 11.6 Å². The Morgan fingerprint density at radius 2 is 2.00 bits per heavy atom. The molecule has 1 saturated heterocycles. The Balaban J connectivity index is 1.99. The third kappa shape index (κ3) is 3.11. The van der Waals surface area contributed by atoms with Crippen molar-refractivity contribution >= 4 is 11.9 Å². The Hall–Kier alpha value is -1.89. The molecule has 1 fully saturated rings. The first kappa shape index (κ1) is 13.5. The maximum Gasteiger partial charge on any atom is 0.356 e. The molecule has 104 valence electrons. The third-order valence-corrected chi connectivity index (χ3v) is 3.44. The summed E-state index contributed by atoms with van der Waals surface area (Å²) in [6.07, 6.45) is 2.92. The predicted octanol–water partition coefficient (Wildman–Crippen LogP) is 0.415. The Labute approximate surface area is 110 Å².